The van der Waals surface area contributed by atoms with Crippen molar-refractivity contribution in [1.82, 2.24) is 5.32 Å². The molecule has 3 heteroatoms. The first-order chi connectivity index (χ1) is 7.25. The van der Waals surface area contributed by atoms with Gasteiger partial charge < -0.3 is 15.8 Å². The lowest BCUT2D eigenvalue weighted by molar-refractivity contribution is 0.414. The Morgan fingerprint density at radius 2 is 2.20 bits per heavy atom. The number of anilines is 1. The Morgan fingerprint density at radius 3 is 2.87 bits per heavy atom. The van der Waals surface area contributed by atoms with E-state index in [0.29, 0.717) is 5.41 Å². The van der Waals surface area contributed by atoms with Crippen molar-refractivity contribution in [3.8, 4) is 5.75 Å². The summed E-state index contributed by atoms with van der Waals surface area (Å²) in [6.45, 7) is 2.04. The van der Waals surface area contributed by atoms with E-state index in [1.165, 1.54) is 24.0 Å². The second-order valence-electron chi connectivity index (χ2n) is 4.64. The summed E-state index contributed by atoms with van der Waals surface area (Å²) < 4.78 is 5.29. The summed E-state index contributed by atoms with van der Waals surface area (Å²) in [6.07, 6.45) is 2.58. The molecule has 1 spiro atoms. The van der Waals surface area contributed by atoms with Crippen LogP contribution in [0.15, 0.2) is 12.1 Å². The van der Waals surface area contributed by atoms with Crippen molar-refractivity contribution in [3.63, 3.8) is 0 Å². The number of hydrogen-bond acceptors (Lipinski definition) is 3. The highest BCUT2D eigenvalue weighted by atomic mass is 16.5. The summed E-state index contributed by atoms with van der Waals surface area (Å²) in [5.41, 5.74) is 9.85. The van der Waals surface area contributed by atoms with Crippen LogP contribution in [0.5, 0.6) is 5.75 Å². The molecule has 0 aromatic heterocycles. The number of fused-ring (bicyclic) bond motifs is 2. The van der Waals surface area contributed by atoms with Crippen molar-refractivity contribution >= 4 is 5.69 Å². The van der Waals surface area contributed by atoms with Crippen LogP contribution in [0.25, 0.3) is 0 Å². The number of rotatable bonds is 1. The Balaban J connectivity index is 2.14. The van der Waals surface area contributed by atoms with Crippen molar-refractivity contribution < 1.29 is 4.74 Å². The molecule has 3 nitrogen and oxygen atoms in total. The Labute approximate surface area is 89.6 Å². The van der Waals surface area contributed by atoms with Gasteiger partial charge in [-0.15, -0.1) is 0 Å². The fourth-order valence-corrected chi connectivity index (χ4v) is 2.59. The zero-order chi connectivity index (χ0) is 10.5. The van der Waals surface area contributed by atoms with Gasteiger partial charge >= 0.3 is 0 Å². The molecule has 15 heavy (non-hydrogen) atoms. The monoisotopic (exact) mass is 204 g/mol. The van der Waals surface area contributed by atoms with Gasteiger partial charge in [-0.25, -0.2) is 0 Å². The lowest BCUT2D eigenvalue weighted by Gasteiger charge is -2.27. The molecule has 1 aliphatic carbocycles. The molecule has 0 unspecified atom stereocenters. The quantitative estimate of drug-likeness (QED) is 0.680. The van der Waals surface area contributed by atoms with E-state index < -0.39 is 0 Å². The van der Waals surface area contributed by atoms with Crippen LogP contribution in [0.2, 0.25) is 0 Å². The van der Waals surface area contributed by atoms with E-state index in [-0.39, 0.29) is 0 Å². The van der Waals surface area contributed by atoms with E-state index in [0.717, 1.165) is 24.5 Å². The minimum Gasteiger partial charge on any atom is -0.495 e. The molecule has 0 saturated heterocycles. The first-order valence-electron chi connectivity index (χ1n) is 5.43. The summed E-state index contributed by atoms with van der Waals surface area (Å²) in [5, 5.41) is 3.46. The van der Waals surface area contributed by atoms with Crippen LogP contribution in [0, 0.1) is 0 Å². The number of benzene rings is 1. The molecule has 1 fully saturated rings. The van der Waals surface area contributed by atoms with Crippen LogP contribution in [-0.2, 0) is 12.0 Å². The van der Waals surface area contributed by atoms with Crippen LogP contribution in [-0.4, -0.2) is 13.7 Å². The summed E-state index contributed by atoms with van der Waals surface area (Å²) in [6, 6.07) is 4.19. The van der Waals surface area contributed by atoms with Gasteiger partial charge in [0.15, 0.2) is 0 Å². The molecule has 0 atom stereocenters. The maximum absolute atomic E-state index is 5.91. The fourth-order valence-electron chi connectivity index (χ4n) is 2.59. The van der Waals surface area contributed by atoms with Crippen LogP contribution in [0.1, 0.15) is 24.0 Å². The third kappa shape index (κ3) is 1.23. The zero-order valence-corrected chi connectivity index (χ0v) is 8.97. The van der Waals surface area contributed by atoms with Crippen molar-refractivity contribution in [2.45, 2.75) is 24.8 Å². The molecule has 0 amide bonds. The van der Waals surface area contributed by atoms with Crippen LogP contribution < -0.4 is 15.8 Å². The number of methoxy groups -OCH3 is 1. The maximum Gasteiger partial charge on any atom is 0.142 e. The number of nitrogens with one attached hydrogen (secondary N) is 1. The summed E-state index contributed by atoms with van der Waals surface area (Å²) >= 11 is 0. The highest BCUT2D eigenvalue weighted by Crippen LogP contribution is 2.51. The second-order valence-corrected chi connectivity index (χ2v) is 4.64. The molecule has 0 radical (unpaired) electrons. The summed E-state index contributed by atoms with van der Waals surface area (Å²) in [4.78, 5) is 0. The maximum atomic E-state index is 5.91. The Kier molecular flexibility index (Phi) is 1.74. The van der Waals surface area contributed by atoms with E-state index in [9.17, 15) is 0 Å². The SMILES string of the molecule is COc1cc2c(cc1N)CNCC21CC1. The minimum absolute atomic E-state index is 0.397. The largest absolute Gasteiger partial charge is 0.495 e. The molecule has 1 aromatic rings. The Hall–Kier alpha value is -1.22. The molecule has 0 bridgehead atoms. The molecule has 2 aliphatic rings. The molecule has 1 aliphatic heterocycles. The van der Waals surface area contributed by atoms with Gasteiger partial charge in [0.1, 0.15) is 5.75 Å². The molecule has 1 saturated carbocycles. The Morgan fingerprint density at radius 1 is 1.40 bits per heavy atom. The topological polar surface area (TPSA) is 47.3 Å². The molecular formula is C12H16N2O. The average molecular weight is 204 g/mol. The van der Waals surface area contributed by atoms with Gasteiger partial charge in [-0.3, -0.25) is 0 Å². The van der Waals surface area contributed by atoms with Crippen molar-refractivity contribution in [2.24, 2.45) is 0 Å². The van der Waals surface area contributed by atoms with E-state index >= 15 is 0 Å². The molecule has 1 heterocycles. The lowest BCUT2D eigenvalue weighted by atomic mass is 9.87. The standard InChI is InChI=1S/C12H16N2O/c1-15-11-5-9-8(4-10(11)13)6-14-7-12(9)2-3-12/h4-5,14H,2-3,6-7,13H2,1H3. The second kappa shape index (κ2) is 2.89. The molecule has 3 rings (SSSR count). The predicted molar refractivity (Wildman–Crippen MR) is 60.0 cm³/mol. The van der Waals surface area contributed by atoms with Gasteiger partial charge in [0.2, 0.25) is 0 Å². The van der Waals surface area contributed by atoms with Gasteiger partial charge in [-0.05, 0) is 36.1 Å². The number of nitrogen functional groups attached to an aromatic ring is 1. The van der Waals surface area contributed by atoms with E-state index in [4.69, 9.17) is 10.5 Å². The van der Waals surface area contributed by atoms with Crippen molar-refractivity contribution in [3.05, 3.63) is 23.3 Å². The third-order valence-electron chi connectivity index (χ3n) is 3.66. The van der Waals surface area contributed by atoms with Gasteiger partial charge in [0.25, 0.3) is 0 Å². The molecule has 1 aromatic carbocycles. The third-order valence-corrected chi connectivity index (χ3v) is 3.66. The van der Waals surface area contributed by atoms with Crippen LogP contribution in [0.3, 0.4) is 0 Å². The summed E-state index contributed by atoms with van der Waals surface area (Å²) in [5.74, 6) is 0.821. The van der Waals surface area contributed by atoms with Gasteiger partial charge in [-0.2, -0.15) is 0 Å². The van der Waals surface area contributed by atoms with Crippen LogP contribution >= 0.6 is 0 Å². The van der Waals surface area contributed by atoms with E-state index in [1.54, 1.807) is 7.11 Å². The number of ether oxygens (including phenoxy) is 1. The molecule has 80 valence electrons. The van der Waals surface area contributed by atoms with E-state index in [2.05, 4.69) is 17.4 Å². The Bertz CT molecular complexity index is 410. The fraction of sp³-hybridized carbons (Fsp3) is 0.500. The zero-order valence-electron chi connectivity index (χ0n) is 8.97. The smallest absolute Gasteiger partial charge is 0.142 e. The average Bonchev–Trinajstić information content (AvgIpc) is 2.98. The first-order valence-corrected chi connectivity index (χ1v) is 5.43. The normalized spacial score (nSPS) is 21.1. The van der Waals surface area contributed by atoms with Gasteiger partial charge in [-0.1, -0.05) is 0 Å². The number of nitrogens with two attached hydrogens (primary N) is 1. The number of hydrogen-bond donors (Lipinski definition) is 2. The summed E-state index contributed by atoms with van der Waals surface area (Å²) in [7, 11) is 1.68. The van der Waals surface area contributed by atoms with Crippen molar-refractivity contribution in [2.75, 3.05) is 19.4 Å². The predicted octanol–water partition coefficient (Wildman–Crippen LogP) is 1.41. The minimum atomic E-state index is 0.397. The highest BCUT2D eigenvalue weighted by Gasteiger charge is 2.47. The van der Waals surface area contributed by atoms with Gasteiger partial charge in [0, 0.05) is 18.5 Å². The first kappa shape index (κ1) is 9.04. The highest BCUT2D eigenvalue weighted by molar-refractivity contribution is 5.60. The molecular weight excluding hydrogens is 188 g/mol. The van der Waals surface area contributed by atoms with E-state index in [1.807, 2.05) is 0 Å². The molecule has 3 N–H and O–H groups in total. The van der Waals surface area contributed by atoms with Crippen LogP contribution in [0.4, 0.5) is 5.69 Å². The van der Waals surface area contributed by atoms with Gasteiger partial charge in [0.05, 0.1) is 12.8 Å². The lowest BCUT2D eigenvalue weighted by Crippen LogP contribution is -2.33. The van der Waals surface area contributed by atoms with Crippen molar-refractivity contribution in [1.29, 1.82) is 0 Å².